The molecule has 1 amide bonds. The molecule has 2 unspecified atom stereocenters. The third-order valence-electron chi connectivity index (χ3n) is 5.24. The Kier molecular flexibility index (Phi) is 4.60. The number of carbonyl (C=O) groups is 2. The van der Waals surface area contributed by atoms with Crippen molar-refractivity contribution in [3.05, 3.63) is 35.1 Å². The minimum absolute atomic E-state index is 0.00209. The molecule has 1 aromatic carbocycles. The van der Waals surface area contributed by atoms with Crippen LogP contribution < -0.4 is 0 Å². The van der Waals surface area contributed by atoms with E-state index in [4.69, 9.17) is 4.74 Å². The summed E-state index contributed by atoms with van der Waals surface area (Å²) in [5, 5.41) is 0. The summed E-state index contributed by atoms with van der Waals surface area (Å²) in [7, 11) is 0. The van der Waals surface area contributed by atoms with E-state index in [1.54, 1.807) is 19.1 Å². The molecule has 1 aromatic rings. The molecular weight excluding hydrogens is 321 g/mol. The minimum atomic E-state index is -0.526. The summed E-state index contributed by atoms with van der Waals surface area (Å²) in [4.78, 5) is 27.2. The number of ether oxygens (including phenoxy) is 1. The lowest BCUT2D eigenvalue weighted by atomic mass is 9.84. The summed E-state index contributed by atoms with van der Waals surface area (Å²) < 4.78 is 19.3. The van der Waals surface area contributed by atoms with Gasteiger partial charge in [-0.15, -0.1) is 0 Å². The first-order chi connectivity index (χ1) is 11.7. The van der Waals surface area contributed by atoms with E-state index in [0.717, 1.165) is 12.8 Å². The molecule has 2 heterocycles. The number of carbonyl (C=O) groups excluding carboxylic acids is 2. The van der Waals surface area contributed by atoms with Crippen LogP contribution in [0.3, 0.4) is 0 Å². The van der Waals surface area contributed by atoms with Crippen LogP contribution in [0.15, 0.2) is 18.2 Å². The largest absolute Gasteiger partial charge is 0.444 e. The van der Waals surface area contributed by atoms with Crippen LogP contribution in [0.1, 0.15) is 62.4 Å². The van der Waals surface area contributed by atoms with E-state index in [0.29, 0.717) is 24.0 Å². The molecule has 2 bridgehead atoms. The molecule has 2 saturated heterocycles. The van der Waals surface area contributed by atoms with Crippen LogP contribution >= 0.6 is 0 Å². The fraction of sp³-hybridized carbons (Fsp3) is 0.600. The Hall–Kier alpha value is -1.91. The van der Waals surface area contributed by atoms with Crippen molar-refractivity contribution in [3.63, 3.8) is 0 Å². The Balaban J connectivity index is 1.74. The molecule has 0 aliphatic carbocycles. The zero-order valence-electron chi connectivity index (χ0n) is 15.3. The van der Waals surface area contributed by atoms with Crippen molar-refractivity contribution in [2.75, 3.05) is 0 Å². The molecule has 2 fully saturated rings. The van der Waals surface area contributed by atoms with Gasteiger partial charge in [0.05, 0.1) is 0 Å². The molecule has 2 atom stereocenters. The van der Waals surface area contributed by atoms with Crippen molar-refractivity contribution in [3.8, 4) is 0 Å². The van der Waals surface area contributed by atoms with Gasteiger partial charge >= 0.3 is 6.09 Å². The second kappa shape index (κ2) is 6.43. The highest BCUT2D eigenvalue weighted by molar-refractivity contribution is 5.99. The Morgan fingerprint density at radius 1 is 1.16 bits per heavy atom. The van der Waals surface area contributed by atoms with Gasteiger partial charge in [-0.05, 0) is 65.0 Å². The van der Waals surface area contributed by atoms with Crippen LogP contribution in [0.4, 0.5) is 9.18 Å². The predicted molar refractivity (Wildman–Crippen MR) is 93.1 cm³/mol. The summed E-state index contributed by atoms with van der Waals surface area (Å²) in [5.41, 5.74) is 0.353. The monoisotopic (exact) mass is 347 g/mol. The third kappa shape index (κ3) is 3.55. The molecule has 4 nitrogen and oxygen atoms in total. The maximum absolute atomic E-state index is 13.8. The molecule has 136 valence electrons. The number of amides is 1. The smallest absolute Gasteiger partial charge is 0.410 e. The van der Waals surface area contributed by atoms with Gasteiger partial charge in [0.15, 0.2) is 5.78 Å². The highest BCUT2D eigenvalue weighted by atomic mass is 19.1. The summed E-state index contributed by atoms with van der Waals surface area (Å²) in [6.45, 7) is 7.22. The van der Waals surface area contributed by atoms with Gasteiger partial charge in [0.2, 0.25) is 0 Å². The maximum atomic E-state index is 13.8. The molecular formula is C20H26FNO3. The number of ketones is 1. The van der Waals surface area contributed by atoms with Gasteiger partial charge in [0.25, 0.3) is 0 Å². The van der Waals surface area contributed by atoms with E-state index in [9.17, 15) is 14.0 Å². The van der Waals surface area contributed by atoms with Gasteiger partial charge in [-0.3, -0.25) is 4.79 Å². The van der Waals surface area contributed by atoms with Crippen molar-refractivity contribution in [1.29, 1.82) is 0 Å². The molecule has 2 aliphatic rings. The van der Waals surface area contributed by atoms with Gasteiger partial charge in [0.1, 0.15) is 11.4 Å². The van der Waals surface area contributed by atoms with E-state index in [-0.39, 0.29) is 35.7 Å². The number of benzene rings is 1. The standard InChI is InChI=1S/C20H26FNO3/c1-12-16(6-5-7-17(12)21)18(23)13-10-14-8-9-15(11-13)22(14)19(24)25-20(2,3)4/h5-7,13-15H,8-11H2,1-4H3. The van der Waals surface area contributed by atoms with Crippen molar-refractivity contribution in [2.45, 2.75) is 71.1 Å². The summed E-state index contributed by atoms with van der Waals surface area (Å²) >= 11 is 0. The number of fused-ring (bicyclic) bond motifs is 2. The number of nitrogens with zero attached hydrogens (tertiary/aromatic N) is 1. The molecule has 0 N–H and O–H groups in total. The number of halogens is 1. The molecule has 2 aliphatic heterocycles. The lowest BCUT2D eigenvalue weighted by molar-refractivity contribution is 0.00253. The van der Waals surface area contributed by atoms with Gasteiger partial charge in [0, 0.05) is 23.6 Å². The fourth-order valence-electron chi connectivity index (χ4n) is 4.10. The van der Waals surface area contributed by atoms with E-state index in [2.05, 4.69) is 0 Å². The van der Waals surface area contributed by atoms with Crippen molar-refractivity contribution in [1.82, 2.24) is 4.90 Å². The average Bonchev–Trinajstić information content (AvgIpc) is 2.78. The van der Waals surface area contributed by atoms with Crippen molar-refractivity contribution in [2.24, 2.45) is 5.92 Å². The molecule has 3 rings (SSSR count). The number of hydrogen-bond acceptors (Lipinski definition) is 3. The fourth-order valence-corrected chi connectivity index (χ4v) is 4.10. The molecule has 0 aromatic heterocycles. The van der Waals surface area contributed by atoms with Crippen LogP contribution in [0.25, 0.3) is 0 Å². The lowest BCUT2D eigenvalue weighted by Crippen LogP contribution is -2.49. The average molecular weight is 347 g/mol. The summed E-state index contributed by atoms with van der Waals surface area (Å²) in [6.07, 6.45) is 2.77. The molecule has 0 saturated carbocycles. The minimum Gasteiger partial charge on any atom is -0.444 e. The predicted octanol–water partition coefficient (Wildman–Crippen LogP) is 4.49. The maximum Gasteiger partial charge on any atom is 0.410 e. The van der Waals surface area contributed by atoms with Crippen LogP contribution in [0.5, 0.6) is 0 Å². The van der Waals surface area contributed by atoms with Gasteiger partial charge in [-0.25, -0.2) is 9.18 Å². The number of Topliss-reactive ketones (excluding diaryl/α,β-unsaturated/α-hetero) is 1. The quantitative estimate of drug-likeness (QED) is 0.740. The lowest BCUT2D eigenvalue weighted by Gasteiger charge is -2.39. The van der Waals surface area contributed by atoms with E-state index in [1.807, 2.05) is 25.7 Å². The molecule has 25 heavy (non-hydrogen) atoms. The summed E-state index contributed by atoms with van der Waals surface area (Å²) in [5.74, 6) is -0.505. The topological polar surface area (TPSA) is 46.6 Å². The van der Waals surface area contributed by atoms with Crippen molar-refractivity contribution >= 4 is 11.9 Å². The van der Waals surface area contributed by atoms with Crippen molar-refractivity contribution < 1.29 is 18.7 Å². The zero-order valence-corrected chi connectivity index (χ0v) is 15.3. The second-order valence-corrected chi connectivity index (χ2v) is 8.22. The Bertz CT molecular complexity index is 681. The summed E-state index contributed by atoms with van der Waals surface area (Å²) in [6, 6.07) is 4.73. The highest BCUT2D eigenvalue weighted by Crippen LogP contribution is 2.41. The van der Waals surface area contributed by atoms with Gasteiger partial charge in [-0.2, -0.15) is 0 Å². The Labute approximate surface area is 148 Å². The normalized spacial score (nSPS) is 25.8. The SMILES string of the molecule is Cc1c(F)cccc1C(=O)C1CC2CCC(C1)N2C(=O)OC(C)(C)C. The second-order valence-electron chi connectivity index (χ2n) is 8.22. The molecule has 0 radical (unpaired) electrons. The Morgan fingerprint density at radius 2 is 1.76 bits per heavy atom. The third-order valence-corrected chi connectivity index (χ3v) is 5.24. The number of hydrogen-bond donors (Lipinski definition) is 0. The Morgan fingerprint density at radius 3 is 2.32 bits per heavy atom. The molecule has 0 spiro atoms. The zero-order chi connectivity index (χ0) is 18.4. The van der Waals surface area contributed by atoms with Crippen LogP contribution in [0.2, 0.25) is 0 Å². The van der Waals surface area contributed by atoms with Crippen LogP contribution in [0, 0.1) is 18.7 Å². The highest BCUT2D eigenvalue weighted by Gasteiger charge is 2.46. The van der Waals surface area contributed by atoms with E-state index >= 15 is 0 Å². The van der Waals surface area contributed by atoms with Gasteiger partial charge in [-0.1, -0.05) is 12.1 Å². The van der Waals surface area contributed by atoms with Gasteiger partial charge < -0.3 is 9.64 Å². The van der Waals surface area contributed by atoms with E-state index < -0.39 is 5.60 Å². The number of piperidine rings is 1. The first-order valence-corrected chi connectivity index (χ1v) is 8.98. The molecule has 5 heteroatoms. The van der Waals surface area contributed by atoms with E-state index in [1.165, 1.54) is 6.07 Å². The first kappa shape index (κ1) is 17.9. The van der Waals surface area contributed by atoms with Crippen LogP contribution in [-0.2, 0) is 4.74 Å². The van der Waals surface area contributed by atoms with Crippen LogP contribution in [-0.4, -0.2) is 34.5 Å². The number of rotatable bonds is 2. The first-order valence-electron chi connectivity index (χ1n) is 8.98.